The second-order valence-electron chi connectivity index (χ2n) is 4.89. The number of rotatable bonds is 3. The van der Waals surface area contributed by atoms with Gasteiger partial charge in [0.25, 0.3) is 0 Å². The number of ether oxygens (including phenoxy) is 1. The number of imidazole rings is 1. The number of hydrogen-bond acceptors (Lipinski definition) is 2. The second-order valence-corrected chi connectivity index (χ2v) is 6.19. The predicted octanol–water partition coefficient (Wildman–Crippen LogP) is 5.08. The Kier molecular flexibility index (Phi) is 3.87. The van der Waals surface area contributed by atoms with Crippen LogP contribution in [0.15, 0.2) is 46.9 Å². The number of nitrogens with one attached hydrogen (secondary N) is 1. The summed E-state index contributed by atoms with van der Waals surface area (Å²) in [6, 6.07) is 14.4. The number of hydrogen-bond donors (Lipinski definition) is 1. The van der Waals surface area contributed by atoms with Crippen molar-refractivity contribution in [2.75, 3.05) is 7.11 Å². The Bertz CT molecular complexity index is 853. The van der Waals surface area contributed by atoms with Gasteiger partial charge in [0.15, 0.2) is 4.77 Å². The van der Waals surface area contributed by atoms with E-state index in [1.165, 1.54) is 5.56 Å². The first-order valence-electron chi connectivity index (χ1n) is 6.64. The van der Waals surface area contributed by atoms with E-state index in [2.05, 4.69) is 50.6 Å². The van der Waals surface area contributed by atoms with Gasteiger partial charge in [-0.15, -0.1) is 0 Å². The third-order valence-electron chi connectivity index (χ3n) is 3.65. The lowest BCUT2D eigenvalue weighted by atomic mass is 10.1. The highest BCUT2D eigenvalue weighted by molar-refractivity contribution is 9.10. The minimum atomic E-state index is 0.135. The molecule has 3 rings (SSSR count). The molecule has 0 fully saturated rings. The van der Waals surface area contributed by atoms with E-state index in [-0.39, 0.29) is 6.04 Å². The molecule has 1 N–H and O–H groups in total. The molecule has 3 aromatic rings. The zero-order valence-corrected chi connectivity index (χ0v) is 14.2. The highest BCUT2D eigenvalue weighted by Gasteiger charge is 2.15. The van der Waals surface area contributed by atoms with E-state index in [4.69, 9.17) is 17.0 Å². The normalized spacial score (nSPS) is 12.5. The Balaban J connectivity index is 2.21. The molecular formula is C16H15BrN2OS. The summed E-state index contributed by atoms with van der Waals surface area (Å²) in [4.78, 5) is 3.25. The summed E-state index contributed by atoms with van der Waals surface area (Å²) in [7, 11) is 1.67. The van der Waals surface area contributed by atoms with Gasteiger partial charge in [0.05, 0.1) is 18.7 Å². The minimum Gasteiger partial charge on any atom is -0.494 e. The molecule has 1 unspecified atom stereocenters. The molecule has 0 radical (unpaired) electrons. The summed E-state index contributed by atoms with van der Waals surface area (Å²) in [6.07, 6.45) is 0. The third-order valence-corrected chi connectivity index (χ3v) is 4.44. The monoisotopic (exact) mass is 362 g/mol. The third kappa shape index (κ3) is 2.51. The molecule has 1 aromatic heterocycles. The van der Waals surface area contributed by atoms with Gasteiger partial charge < -0.3 is 14.3 Å². The second kappa shape index (κ2) is 5.66. The summed E-state index contributed by atoms with van der Waals surface area (Å²) < 4.78 is 9.28. The average Bonchev–Trinajstić information content (AvgIpc) is 2.82. The van der Waals surface area contributed by atoms with Gasteiger partial charge >= 0.3 is 0 Å². The van der Waals surface area contributed by atoms with Gasteiger partial charge in [-0.05, 0) is 49.0 Å². The molecule has 0 saturated carbocycles. The zero-order chi connectivity index (χ0) is 15.0. The lowest BCUT2D eigenvalue weighted by molar-refractivity contribution is 0.419. The Labute approximate surface area is 136 Å². The maximum absolute atomic E-state index is 5.51. The summed E-state index contributed by atoms with van der Waals surface area (Å²) in [6.45, 7) is 2.14. The number of H-pyrrole nitrogens is 1. The molecule has 0 saturated heterocycles. The van der Waals surface area contributed by atoms with Crippen LogP contribution in [0.3, 0.4) is 0 Å². The highest BCUT2D eigenvalue weighted by atomic mass is 79.9. The van der Waals surface area contributed by atoms with Gasteiger partial charge in [-0.2, -0.15) is 0 Å². The number of fused-ring (bicyclic) bond motifs is 1. The van der Waals surface area contributed by atoms with Crippen LogP contribution in [-0.4, -0.2) is 16.7 Å². The van der Waals surface area contributed by atoms with E-state index in [0.29, 0.717) is 4.77 Å². The molecule has 0 aliphatic carbocycles. The van der Waals surface area contributed by atoms with Gasteiger partial charge in [0, 0.05) is 4.47 Å². The Morgan fingerprint density at radius 2 is 2.00 bits per heavy atom. The Hall–Kier alpha value is -1.59. The number of para-hydroxylation sites is 1. The SMILES string of the molecule is COc1cccc2c1[nH]c(=S)n2C(C)c1cccc(Br)c1. The van der Waals surface area contributed by atoms with Gasteiger partial charge in [-0.3, -0.25) is 0 Å². The van der Waals surface area contributed by atoms with Crippen molar-refractivity contribution >= 4 is 39.2 Å². The summed E-state index contributed by atoms with van der Waals surface area (Å²) in [5.41, 5.74) is 3.18. The average molecular weight is 363 g/mol. The van der Waals surface area contributed by atoms with E-state index in [1.54, 1.807) is 7.11 Å². The van der Waals surface area contributed by atoms with Gasteiger partial charge in [0.2, 0.25) is 0 Å². The molecule has 1 heterocycles. The first-order chi connectivity index (χ1) is 10.1. The van der Waals surface area contributed by atoms with Crippen LogP contribution in [0.25, 0.3) is 11.0 Å². The molecule has 2 aromatic carbocycles. The topological polar surface area (TPSA) is 29.9 Å². The number of methoxy groups -OCH3 is 1. The van der Waals surface area contributed by atoms with E-state index in [1.807, 2.05) is 24.3 Å². The van der Waals surface area contributed by atoms with Crippen LogP contribution in [-0.2, 0) is 0 Å². The maximum Gasteiger partial charge on any atom is 0.178 e. The number of aromatic nitrogens is 2. The Morgan fingerprint density at radius 1 is 1.24 bits per heavy atom. The van der Waals surface area contributed by atoms with Crippen molar-refractivity contribution < 1.29 is 4.74 Å². The fourth-order valence-corrected chi connectivity index (χ4v) is 3.37. The van der Waals surface area contributed by atoms with Crippen molar-refractivity contribution in [3.63, 3.8) is 0 Å². The van der Waals surface area contributed by atoms with E-state index >= 15 is 0 Å². The van der Waals surface area contributed by atoms with Crippen molar-refractivity contribution in [2.24, 2.45) is 0 Å². The van der Waals surface area contributed by atoms with Crippen LogP contribution in [0.5, 0.6) is 5.75 Å². The summed E-state index contributed by atoms with van der Waals surface area (Å²) >= 11 is 9.03. The number of benzene rings is 2. The molecule has 0 spiro atoms. The molecule has 0 aliphatic rings. The standard InChI is InChI=1S/C16H15BrN2OS/c1-10(11-5-3-6-12(17)9-11)19-13-7-4-8-14(20-2)15(13)18-16(19)21/h3-10H,1-2H3,(H,18,21). The minimum absolute atomic E-state index is 0.135. The molecule has 0 aliphatic heterocycles. The first kappa shape index (κ1) is 14.4. The lowest BCUT2D eigenvalue weighted by Gasteiger charge is -2.15. The molecule has 108 valence electrons. The molecule has 1 atom stereocenters. The van der Waals surface area contributed by atoms with Crippen molar-refractivity contribution in [1.82, 2.24) is 9.55 Å². The number of nitrogens with zero attached hydrogens (tertiary/aromatic N) is 1. The smallest absolute Gasteiger partial charge is 0.178 e. The molecule has 0 amide bonds. The molecule has 0 bridgehead atoms. The molecule has 5 heteroatoms. The van der Waals surface area contributed by atoms with Crippen LogP contribution >= 0.6 is 28.1 Å². The van der Waals surface area contributed by atoms with Crippen molar-refractivity contribution in [1.29, 1.82) is 0 Å². The maximum atomic E-state index is 5.51. The molecular weight excluding hydrogens is 348 g/mol. The van der Waals surface area contributed by atoms with Crippen LogP contribution in [0, 0.1) is 4.77 Å². The highest BCUT2D eigenvalue weighted by Crippen LogP contribution is 2.30. The number of halogens is 1. The fraction of sp³-hybridized carbons (Fsp3) is 0.188. The quantitative estimate of drug-likeness (QED) is 0.658. The lowest BCUT2D eigenvalue weighted by Crippen LogP contribution is -2.06. The largest absolute Gasteiger partial charge is 0.494 e. The Morgan fingerprint density at radius 3 is 2.71 bits per heavy atom. The van der Waals surface area contributed by atoms with Crippen molar-refractivity contribution in [3.05, 3.63) is 57.3 Å². The van der Waals surface area contributed by atoms with Crippen LogP contribution < -0.4 is 4.74 Å². The van der Waals surface area contributed by atoms with E-state index in [9.17, 15) is 0 Å². The molecule has 21 heavy (non-hydrogen) atoms. The van der Waals surface area contributed by atoms with Gasteiger partial charge in [-0.1, -0.05) is 34.1 Å². The van der Waals surface area contributed by atoms with Gasteiger partial charge in [-0.25, -0.2) is 0 Å². The van der Waals surface area contributed by atoms with Crippen LogP contribution in [0.2, 0.25) is 0 Å². The summed E-state index contributed by atoms with van der Waals surface area (Å²) in [5, 5.41) is 0. The van der Waals surface area contributed by atoms with Gasteiger partial charge in [0.1, 0.15) is 11.3 Å². The van der Waals surface area contributed by atoms with E-state index < -0.39 is 0 Å². The van der Waals surface area contributed by atoms with Crippen molar-refractivity contribution in [3.8, 4) is 5.75 Å². The van der Waals surface area contributed by atoms with E-state index in [0.717, 1.165) is 21.3 Å². The predicted molar refractivity (Wildman–Crippen MR) is 91.6 cm³/mol. The number of aromatic amines is 1. The van der Waals surface area contributed by atoms with Crippen molar-refractivity contribution in [2.45, 2.75) is 13.0 Å². The van der Waals surface area contributed by atoms with Crippen LogP contribution in [0.1, 0.15) is 18.5 Å². The molecule has 3 nitrogen and oxygen atoms in total. The van der Waals surface area contributed by atoms with Crippen LogP contribution in [0.4, 0.5) is 0 Å². The summed E-state index contributed by atoms with van der Waals surface area (Å²) in [5.74, 6) is 0.804. The fourth-order valence-electron chi connectivity index (χ4n) is 2.59. The zero-order valence-electron chi connectivity index (χ0n) is 11.8. The first-order valence-corrected chi connectivity index (χ1v) is 7.84.